The maximum atomic E-state index is 12.3. The topological polar surface area (TPSA) is 96.9 Å². The summed E-state index contributed by atoms with van der Waals surface area (Å²) in [6.45, 7) is 14.4. The quantitative estimate of drug-likeness (QED) is 0.587. The van der Waals surface area contributed by atoms with Gasteiger partial charge in [-0.3, -0.25) is 4.79 Å². The Bertz CT molecular complexity index is 575. The molecule has 0 aromatic rings. The summed E-state index contributed by atoms with van der Waals surface area (Å²) < 4.78 is 11.5. The Hall–Kier alpha value is -2.02. The van der Waals surface area contributed by atoms with Crippen molar-refractivity contribution >= 4 is 12.0 Å². The summed E-state index contributed by atoms with van der Waals surface area (Å²) in [7, 11) is 0. The first-order valence-corrected chi connectivity index (χ1v) is 9.47. The van der Waals surface area contributed by atoms with Gasteiger partial charge in [-0.05, 0) is 51.7 Å². The van der Waals surface area contributed by atoms with Crippen molar-refractivity contribution in [1.29, 1.82) is 0 Å². The van der Waals surface area contributed by atoms with Crippen molar-refractivity contribution in [3.8, 4) is 0 Å². The molecule has 1 aliphatic rings. The fourth-order valence-corrected chi connectivity index (χ4v) is 3.02. The number of hydrogen-bond acceptors (Lipinski definition) is 5. The molecule has 0 spiro atoms. The third-order valence-corrected chi connectivity index (χ3v) is 4.30. The second-order valence-corrected chi connectivity index (χ2v) is 7.86. The Morgan fingerprint density at radius 2 is 1.89 bits per heavy atom. The van der Waals surface area contributed by atoms with E-state index in [2.05, 4.69) is 17.2 Å². The Kier molecular flexibility index (Phi) is 8.34. The summed E-state index contributed by atoms with van der Waals surface area (Å²) in [5.41, 5.74) is -0.0685. The molecule has 1 rings (SSSR count). The molecule has 3 N–H and O–H groups in total. The zero-order valence-electron chi connectivity index (χ0n) is 17.3. The highest BCUT2D eigenvalue weighted by Gasteiger charge is 2.38. The summed E-state index contributed by atoms with van der Waals surface area (Å²) in [6, 6.07) is -0.995. The second kappa shape index (κ2) is 9.78. The van der Waals surface area contributed by atoms with Gasteiger partial charge in [0.2, 0.25) is 5.91 Å². The van der Waals surface area contributed by atoms with Gasteiger partial charge < -0.3 is 25.2 Å². The van der Waals surface area contributed by atoms with Crippen molar-refractivity contribution in [3.05, 3.63) is 24.0 Å². The first-order chi connectivity index (χ1) is 12.5. The van der Waals surface area contributed by atoms with E-state index in [1.165, 1.54) is 6.92 Å². The minimum atomic E-state index is -0.646. The van der Waals surface area contributed by atoms with Gasteiger partial charge in [0.25, 0.3) is 0 Å². The average Bonchev–Trinajstić information content (AvgIpc) is 2.52. The number of hydrogen-bond donors (Lipinski definition) is 3. The van der Waals surface area contributed by atoms with Crippen LogP contribution in [0.2, 0.25) is 0 Å². The molecule has 0 fully saturated rings. The standard InChI is InChI=1S/C20H34N2O5/c1-8-15(9-2)26-17-11-14(12(3)23)10-16(18(17)21-13(4)24)22-19(25)27-20(5,6)7/h11,15-18,23H,3,8-10H2,1-2,4-7H3,(H,21,24)(H,22,25)/t16-,17+,18+/m0/s1. The van der Waals surface area contributed by atoms with Crippen molar-refractivity contribution in [3.63, 3.8) is 0 Å². The Labute approximate surface area is 162 Å². The van der Waals surface area contributed by atoms with Crippen LogP contribution in [0.25, 0.3) is 0 Å². The number of carbonyl (C=O) groups excluding carboxylic acids is 2. The van der Waals surface area contributed by atoms with Crippen molar-refractivity contribution in [1.82, 2.24) is 10.6 Å². The van der Waals surface area contributed by atoms with Crippen LogP contribution >= 0.6 is 0 Å². The van der Waals surface area contributed by atoms with E-state index in [1.807, 2.05) is 13.8 Å². The molecular weight excluding hydrogens is 348 g/mol. The van der Waals surface area contributed by atoms with Crippen LogP contribution in [0, 0.1) is 0 Å². The number of rotatable bonds is 7. The molecule has 0 aliphatic heterocycles. The van der Waals surface area contributed by atoms with Crippen molar-refractivity contribution in [2.45, 2.75) is 90.7 Å². The molecule has 0 bridgehead atoms. The largest absolute Gasteiger partial charge is 0.508 e. The number of allylic oxidation sites excluding steroid dienone is 1. The van der Waals surface area contributed by atoms with Gasteiger partial charge in [-0.25, -0.2) is 4.79 Å². The van der Waals surface area contributed by atoms with Gasteiger partial charge in [0, 0.05) is 6.92 Å². The minimum absolute atomic E-state index is 0.00371. The maximum absolute atomic E-state index is 12.3. The number of ether oxygens (including phenoxy) is 2. The van der Waals surface area contributed by atoms with E-state index >= 15 is 0 Å². The predicted octanol–water partition coefficient (Wildman–Crippen LogP) is 3.36. The molecule has 2 amide bonds. The molecule has 154 valence electrons. The molecule has 3 atom stereocenters. The second-order valence-electron chi connectivity index (χ2n) is 7.86. The van der Waals surface area contributed by atoms with Crippen molar-refractivity contribution in [2.75, 3.05) is 0 Å². The predicted molar refractivity (Wildman–Crippen MR) is 104 cm³/mol. The van der Waals surface area contributed by atoms with Crippen LogP contribution in [0.15, 0.2) is 24.0 Å². The highest BCUT2D eigenvalue weighted by atomic mass is 16.6. The van der Waals surface area contributed by atoms with Crippen LogP contribution in [-0.2, 0) is 14.3 Å². The highest BCUT2D eigenvalue weighted by Crippen LogP contribution is 2.27. The Morgan fingerprint density at radius 3 is 2.33 bits per heavy atom. The SMILES string of the molecule is C=C(O)C1=C[C@@H](OC(CC)CC)[C@H](NC(C)=O)[C@@H](NC(=O)OC(C)(C)C)C1. The van der Waals surface area contributed by atoms with Gasteiger partial charge in [-0.2, -0.15) is 0 Å². The lowest BCUT2D eigenvalue weighted by Crippen LogP contribution is -2.59. The van der Waals surface area contributed by atoms with Crippen molar-refractivity contribution in [2.24, 2.45) is 0 Å². The lowest BCUT2D eigenvalue weighted by molar-refractivity contribution is -0.121. The minimum Gasteiger partial charge on any atom is -0.508 e. The maximum Gasteiger partial charge on any atom is 0.407 e. The number of carbonyl (C=O) groups is 2. The molecule has 0 saturated carbocycles. The zero-order chi connectivity index (χ0) is 20.8. The summed E-state index contributed by atoms with van der Waals surface area (Å²) in [4.78, 5) is 24.0. The van der Waals surface area contributed by atoms with E-state index in [0.717, 1.165) is 12.8 Å². The first kappa shape index (κ1) is 23.0. The number of nitrogens with one attached hydrogen (secondary N) is 2. The molecule has 0 radical (unpaired) electrons. The van der Waals surface area contributed by atoms with E-state index in [4.69, 9.17) is 9.47 Å². The van der Waals surface area contributed by atoms with Crippen LogP contribution in [0.1, 0.15) is 60.8 Å². The van der Waals surface area contributed by atoms with Crippen LogP contribution in [-0.4, -0.2) is 47.0 Å². The number of alkyl carbamates (subject to hydrolysis) is 1. The Morgan fingerprint density at radius 1 is 1.30 bits per heavy atom. The van der Waals surface area contributed by atoms with E-state index < -0.39 is 29.9 Å². The first-order valence-electron chi connectivity index (χ1n) is 9.47. The summed E-state index contributed by atoms with van der Waals surface area (Å²) in [6.07, 6.45) is 2.60. The fourth-order valence-electron chi connectivity index (χ4n) is 3.02. The van der Waals surface area contributed by atoms with Crippen molar-refractivity contribution < 1.29 is 24.2 Å². The zero-order valence-corrected chi connectivity index (χ0v) is 17.3. The normalized spacial score (nSPS) is 22.8. The number of aliphatic hydroxyl groups is 1. The monoisotopic (exact) mass is 382 g/mol. The molecule has 0 aromatic carbocycles. The van der Waals surface area contributed by atoms with E-state index in [0.29, 0.717) is 12.0 Å². The van der Waals surface area contributed by atoms with Gasteiger partial charge in [0.1, 0.15) is 11.4 Å². The summed E-state index contributed by atoms with van der Waals surface area (Å²) >= 11 is 0. The molecular formula is C20H34N2O5. The molecule has 0 heterocycles. The third-order valence-electron chi connectivity index (χ3n) is 4.30. The molecule has 0 unspecified atom stereocenters. The van der Waals surface area contributed by atoms with Gasteiger partial charge in [0.05, 0.1) is 24.3 Å². The molecule has 7 heteroatoms. The third kappa shape index (κ3) is 7.62. The van der Waals surface area contributed by atoms with Gasteiger partial charge in [-0.1, -0.05) is 20.4 Å². The van der Waals surface area contributed by atoms with Gasteiger partial charge in [0.15, 0.2) is 0 Å². The van der Waals surface area contributed by atoms with E-state index in [-0.39, 0.29) is 17.8 Å². The lowest BCUT2D eigenvalue weighted by Gasteiger charge is -2.39. The van der Waals surface area contributed by atoms with Crippen LogP contribution < -0.4 is 10.6 Å². The molecule has 7 nitrogen and oxygen atoms in total. The fraction of sp³-hybridized carbons (Fsp3) is 0.700. The van der Waals surface area contributed by atoms with Crippen LogP contribution in [0.3, 0.4) is 0 Å². The van der Waals surface area contributed by atoms with Gasteiger partial charge in [-0.15, -0.1) is 0 Å². The average molecular weight is 383 g/mol. The number of amides is 2. The highest BCUT2D eigenvalue weighted by molar-refractivity contribution is 5.74. The summed E-state index contributed by atoms with van der Waals surface area (Å²) in [5.74, 6) is -0.306. The Balaban J connectivity index is 3.13. The number of aliphatic hydroxyl groups excluding tert-OH is 1. The van der Waals surface area contributed by atoms with Crippen LogP contribution in [0.5, 0.6) is 0 Å². The lowest BCUT2D eigenvalue weighted by atomic mass is 9.87. The molecule has 0 aromatic heterocycles. The van der Waals surface area contributed by atoms with E-state index in [1.54, 1.807) is 26.8 Å². The van der Waals surface area contributed by atoms with Gasteiger partial charge >= 0.3 is 6.09 Å². The molecule has 1 aliphatic carbocycles. The summed E-state index contributed by atoms with van der Waals surface area (Å²) in [5, 5.41) is 15.6. The molecule has 0 saturated heterocycles. The smallest absolute Gasteiger partial charge is 0.407 e. The van der Waals surface area contributed by atoms with E-state index in [9.17, 15) is 14.7 Å². The van der Waals surface area contributed by atoms with Crippen LogP contribution in [0.4, 0.5) is 4.79 Å². The molecule has 27 heavy (non-hydrogen) atoms.